The van der Waals surface area contributed by atoms with Crippen molar-refractivity contribution < 1.29 is 0 Å². The minimum absolute atomic E-state index is 0.446. The molecule has 2 aromatic heterocycles. The van der Waals surface area contributed by atoms with E-state index in [9.17, 15) is 0 Å². The molecule has 0 atom stereocenters. The van der Waals surface area contributed by atoms with E-state index in [1.165, 1.54) is 10.1 Å². The van der Waals surface area contributed by atoms with Crippen molar-refractivity contribution in [3.05, 3.63) is 46.7 Å². The van der Waals surface area contributed by atoms with Gasteiger partial charge in [-0.15, -0.1) is 11.3 Å². The van der Waals surface area contributed by atoms with Crippen LogP contribution in [0.5, 0.6) is 0 Å². The first-order valence-electron chi connectivity index (χ1n) is 5.46. The van der Waals surface area contributed by atoms with Crippen LogP contribution in [0.15, 0.2) is 35.7 Å². The second-order valence-electron chi connectivity index (χ2n) is 3.92. The van der Waals surface area contributed by atoms with E-state index in [4.69, 9.17) is 11.6 Å². The van der Waals surface area contributed by atoms with E-state index in [0.29, 0.717) is 16.8 Å². The van der Waals surface area contributed by atoms with Gasteiger partial charge in [0.05, 0.1) is 0 Å². The van der Waals surface area contributed by atoms with Crippen LogP contribution in [-0.4, -0.2) is 9.97 Å². The molecule has 18 heavy (non-hydrogen) atoms. The molecule has 0 amide bonds. The highest BCUT2D eigenvalue weighted by molar-refractivity contribution is 7.17. The first-order valence-corrected chi connectivity index (χ1v) is 6.72. The summed E-state index contributed by atoms with van der Waals surface area (Å²) in [7, 11) is 0. The lowest BCUT2D eigenvalue weighted by atomic mass is 10.2. The van der Waals surface area contributed by atoms with Crippen molar-refractivity contribution in [3.63, 3.8) is 0 Å². The molecule has 0 saturated heterocycles. The minimum Gasteiger partial charge on any atom is -0.340 e. The van der Waals surface area contributed by atoms with Gasteiger partial charge < -0.3 is 5.32 Å². The van der Waals surface area contributed by atoms with E-state index in [1.807, 2.05) is 13.0 Å². The minimum atomic E-state index is 0.446. The number of aryl methyl sites for hydroxylation is 1. The number of nitrogens with one attached hydrogen (secondary N) is 1. The molecular weight excluding hydrogens is 266 g/mol. The summed E-state index contributed by atoms with van der Waals surface area (Å²) in [5, 5.41) is 6.99. The van der Waals surface area contributed by atoms with Crippen molar-refractivity contribution >= 4 is 44.5 Å². The van der Waals surface area contributed by atoms with Crippen molar-refractivity contribution in [3.8, 4) is 0 Å². The van der Waals surface area contributed by atoms with Gasteiger partial charge in [0.25, 0.3) is 0 Å². The van der Waals surface area contributed by atoms with Crippen LogP contribution in [0.2, 0.25) is 5.15 Å². The Labute approximate surface area is 113 Å². The number of benzene rings is 1. The normalized spacial score (nSPS) is 10.8. The quantitative estimate of drug-likeness (QED) is 0.705. The summed E-state index contributed by atoms with van der Waals surface area (Å²) in [4.78, 5) is 8.33. The monoisotopic (exact) mass is 275 g/mol. The number of anilines is 2. The topological polar surface area (TPSA) is 37.8 Å². The average molecular weight is 276 g/mol. The van der Waals surface area contributed by atoms with Crippen molar-refractivity contribution in [1.29, 1.82) is 0 Å². The highest BCUT2D eigenvalue weighted by Crippen LogP contribution is 2.25. The van der Waals surface area contributed by atoms with E-state index in [1.54, 1.807) is 17.4 Å². The summed E-state index contributed by atoms with van der Waals surface area (Å²) in [6.45, 7) is 1.82. The standard InChI is InChI=1S/C13H10ClN3S/c1-8-15-12(14)7-13(16-8)17-10-2-3-11-9(6-10)4-5-18-11/h2-7H,1H3,(H,15,16,17). The van der Waals surface area contributed by atoms with Gasteiger partial charge in [-0.05, 0) is 42.0 Å². The van der Waals surface area contributed by atoms with Crippen LogP contribution < -0.4 is 5.32 Å². The largest absolute Gasteiger partial charge is 0.340 e. The van der Waals surface area contributed by atoms with Crippen molar-refractivity contribution in [1.82, 2.24) is 9.97 Å². The van der Waals surface area contributed by atoms with Gasteiger partial charge in [0.2, 0.25) is 0 Å². The van der Waals surface area contributed by atoms with Crippen molar-refractivity contribution in [2.24, 2.45) is 0 Å². The Hall–Kier alpha value is -1.65. The van der Waals surface area contributed by atoms with Crippen LogP contribution >= 0.6 is 22.9 Å². The number of hydrogen-bond donors (Lipinski definition) is 1. The molecule has 0 bridgehead atoms. The van der Waals surface area contributed by atoms with Gasteiger partial charge in [0.1, 0.15) is 16.8 Å². The van der Waals surface area contributed by atoms with Crippen LogP contribution in [0.4, 0.5) is 11.5 Å². The Balaban J connectivity index is 1.95. The Kier molecular flexibility index (Phi) is 2.89. The maximum absolute atomic E-state index is 5.90. The van der Waals surface area contributed by atoms with E-state index < -0.39 is 0 Å². The summed E-state index contributed by atoms with van der Waals surface area (Å²) in [5.41, 5.74) is 0.995. The summed E-state index contributed by atoms with van der Waals surface area (Å²) in [5.74, 6) is 1.36. The Morgan fingerprint density at radius 2 is 2.06 bits per heavy atom. The van der Waals surface area contributed by atoms with Gasteiger partial charge in [0.15, 0.2) is 0 Å². The highest BCUT2D eigenvalue weighted by Gasteiger charge is 2.02. The fourth-order valence-corrected chi connectivity index (χ4v) is 2.78. The fraction of sp³-hybridized carbons (Fsp3) is 0.0769. The Morgan fingerprint density at radius 1 is 1.17 bits per heavy atom. The van der Waals surface area contributed by atoms with Crippen molar-refractivity contribution in [2.75, 3.05) is 5.32 Å². The predicted molar refractivity (Wildman–Crippen MR) is 76.9 cm³/mol. The summed E-state index contributed by atoms with van der Waals surface area (Å²) in [6, 6.07) is 10.0. The van der Waals surface area contributed by atoms with E-state index in [0.717, 1.165) is 5.69 Å². The number of halogens is 1. The SMILES string of the molecule is Cc1nc(Cl)cc(Nc2ccc3sccc3c2)n1. The molecule has 3 nitrogen and oxygen atoms in total. The zero-order chi connectivity index (χ0) is 12.5. The number of hydrogen-bond acceptors (Lipinski definition) is 4. The molecule has 0 unspecified atom stereocenters. The van der Waals surface area contributed by atoms with Crippen LogP contribution in [0.25, 0.3) is 10.1 Å². The van der Waals surface area contributed by atoms with E-state index in [-0.39, 0.29) is 0 Å². The molecule has 90 valence electrons. The smallest absolute Gasteiger partial charge is 0.135 e. The zero-order valence-electron chi connectivity index (χ0n) is 9.64. The molecule has 0 fully saturated rings. The molecule has 3 rings (SSSR count). The third-order valence-electron chi connectivity index (χ3n) is 2.53. The number of nitrogens with zero attached hydrogens (tertiary/aromatic N) is 2. The van der Waals surface area contributed by atoms with E-state index in [2.05, 4.69) is 38.9 Å². The third-order valence-corrected chi connectivity index (χ3v) is 3.62. The van der Waals surface area contributed by atoms with Crippen LogP contribution in [0.1, 0.15) is 5.82 Å². The molecule has 1 aromatic carbocycles. The van der Waals surface area contributed by atoms with Crippen LogP contribution in [-0.2, 0) is 0 Å². The van der Waals surface area contributed by atoms with Gasteiger partial charge in [-0.3, -0.25) is 0 Å². The van der Waals surface area contributed by atoms with Gasteiger partial charge in [-0.25, -0.2) is 9.97 Å². The summed E-state index contributed by atoms with van der Waals surface area (Å²) in [6.07, 6.45) is 0. The summed E-state index contributed by atoms with van der Waals surface area (Å²) < 4.78 is 1.28. The maximum atomic E-state index is 5.90. The van der Waals surface area contributed by atoms with Gasteiger partial charge >= 0.3 is 0 Å². The second kappa shape index (κ2) is 4.55. The lowest BCUT2D eigenvalue weighted by Gasteiger charge is -2.06. The van der Waals surface area contributed by atoms with Gasteiger partial charge in [-0.2, -0.15) is 0 Å². The highest BCUT2D eigenvalue weighted by atomic mass is 35.5. The summed E-state index contributed by atoms with van der Waals surface area (Å²) >= 11 is 7.64. The predicted octanol–water partition coefficient (Wildman–Crippen LogP) is 4.40. The average Bonchev–Trinajstić information content (AvgIpc) is 2.74. The van der Waals surface area contributed by atoms with E-state index >= 15 is 0 Å². The number of thiophene rings is 1. The Bertz CT molecular complexity index is 688. The van der Waals surface area contributed by atoms with Gasteiger partial charge in [0, 0.05) is 16.5 Å². The molecule has 0 aliphatic heterocycles. The first kappa shape index (κ1) is 11.4. The molecule has 0 spiro atoms. The van der Waals surface area contributed by atoms with Crippen molar-refractivity contribution in [2.45, 2.75) is 6.92 Å². The third kappa shape index (κ3) is 2.30. The fourth-order valence-electron chi connectivity index (χ4n) is 1.79. The molecule has 1 N–H and O–H groups in total. The first-order chi connectivity index (χ1) is 8.70. The molecule has 0 radical (unpaired) electrons. The molecule has 0 aliphatic carbocycles. The molecule has 5 heteroatoms. The molecular formula is C13H10ClN3S. The lowest BCUT2D eigenvalue weighted by molar-refractivity contribution is 1.06. The lowest BCUT2D eigenvalue weighted by Crippen LogP contribution is -1.97. The van der Waals surface area contributed by atoms with Crippen LogP contribution in [0, 0.1) is 6.92 Å². The molecule has 3 aromatic rings. The number of rotatable bonds is 2. The Morgan fingerprint density at radius 3 is 2.89 bits per heavy atom. The second-order valence-corrected chi connectivity index (χ2v) is 5.26. The van der Waals surface area contributed by atoms with Gasteiger partial charge in [-0.1, -0.05) is 11.6 Å². The maximum Gasteiger partial charge on any atom is 0.135 e. The molecule has 0 aliphatic rings. The zero-order valence-corrected chi connectivity index (χ0v) is 11.2. The number of aromatic nitrogens is 2. The molecule has 0 saturated carbocycles. The number of fused-ring (bicyclic) bond motifs is 1. The van der Waals surface area contributed by atoms with Crippen LogP contribution in [0.3, 0.4) is 0 Å². The molecule has 2 heterocycles.